The molecule has 5 nitrogen and oxygen atoms in total. The summed E-state index contributed by atoms with van der Waals surface area (Å²) in [5.74, 6) is 0.285. The number of carbonyl (C=O) groups excluding carboxylic acids is 1. The van der Waals surface area contributed by atoms with Gasteiger partial charge in [0.1, 0.15) is 0 Å². The van der Waals surface area contributed by atoms with E-state index in [0.717, 1.165) is 25.1 Å². The quantitative estimate of drug-likeness (QED) is 0.882. The number of aryl methyl sites for hydroxylation is 2. The lowest BCUT2D eigenvalue weighted by Crippen LogP contribution is -2.34. The van der Waals surface area contributed by atoms with E-state index in [-0.39, 0.29) is 17.7 Å². The summed E-state index contributed by atoms with van der Waals surface area (Å²) >= 11 is 0. The van der Waals surface area contributed by atoms with Crippen LogP contribution in [0.3, 0.4) is 0 Å². The molecule has 0 radical (unpaired) electrons. The Kier molecular flexibility index (Phi) is 4.76. The molecule has 1 aliphatic heterocycles. The van der Waals surface area contributed by atoms with E-state index in [4.69, 9.17) is 0 Å². The third-order valence-electron chi connectivity index (χ3n) is 4.66. The summed E-state index contributed by atoms with van der Waals surface area (Å²) in [5.41, 5.74) is 3.62. The largest absolute Gasteiger partial charge is 0.352 e. The van der Waals surface area contributed by atoms with Crippen molar-refractivity contribution in [2.75, 3.05) is 13.1 Å². The van der Waals surface area contributed by atoms with Gasteiger partial charge in [-0.15, -0.1) is 0 Å². The highest BCUT2D eigenvalue weighted by molar-refractivity contribution is 5.80. The number of rotatable bonds is 5. The second-order valence-electron chi connectivity index (χ2n) is 6.16. The number of nitrogens with zero attached hydrogens (tertiary/aromatic N) is 2. The van der Waals surface area contributed by atoms with Crippen molar-refractivity contribution in [2.24, 2.45) is 13.0 Å². The summed E-state index contributed by atoms with van der Waals surface area (Å²) in [6, 6.07) is 8.28. The van der Waals surface area contributed by atoms with Crippen LogP contribution in [0.25, 0.3) is 0 Å². The van der Waals surface area contributed by atoms with Crippen LogP contribution in [0.15, 0.2) is 36.7 Å². The number of carbonyl (C=O) groups is 1. The predicted octanol–water partition coefficient (Wildman–Crippen LogP) is 1.60. The van der Waals surface area contributed by atoms with Crippen molar-refractivity contribution in [3.8, 4) is 0 Å². The summed E-state index contributed by atoms with van der Waals surface area (Å²) < 4.78 is 1.79. The fraction of sp³-hybridized carbons (Fsp3) is 0.444. The Morgan fingerprint density at radius 2 is 2.13 bits per heavy atom. The fourth-order valence-corrected chi connectivity index (χ4v) is 3.32. The molecule has 1 fully saturated rings. The molecule has 3 rings (SSSR count). The second kappa shape index (κ2) is 6.96. The Balaban J connectivity index is 1.65. The third kappa shape index (κ3) is 3.45. The van der Waals surface area contributed by atoms with E-state index in [9.17, 15) is 4.79 Å². The fourth-order valence-electron chi connectivity index (χ4n) is 3.32. The van der Waals surface area contributed by atoms with Crippen molar-refractivity contribution in [1.82, 2.24) is 20.4 Å². The van der Waals surface area contributed by atoms with Crippen molar-refractivity contribution in [2.45, 2.75) is 25.8 Å². The first-order valence-corrected chi connectivity index (χ1v) is 8.22. The zero-order valence-corrected chi connectivity index (χ0v) is 13.7. The monoisotopic (exact) mass is 312 g/mol. The lowest BCUT2D eigenvalue weighted by Gasteiger charge is -2.17. The lowest BCUT2D eigenvalue weighted by molar-refractivity contribution is -0.125. The normalized spacial score (nSPS) is 20.6. The van der Waals surface area contributed by atoms with Crippen molar-refractivity contribution < 1.29 is 4.79 Å². The Morgan fingerprint density at radius 3 is 2.83 bits per heavy atom. The number of benzene rings is 1. The van der Waals surface area contributed by atoms with E-state index < -0.39 is 0 Å². The molecule has 122 valence electrons. The summed E-state index contributed by atoms with van der Waals surface area (Å²) in [6.07, 6.45) is 4.85. The van der Waals surface area contributed by atoms with Crippen molar-refractivity contribution in [1.29, 1.82) is 0 Å². The third-order valence-corrected chi connectivity index (χ3v) is 4.66. The van der Waals surface area contributed by atoms with Gasteiger partial charge in [-0.1, -0.05) is 31.2 Å². The average Bonchev–Trinajstić information content (AvgIpc) is 3.21. The van der Waals surface area contributed by atoms with Crippen molar-refractivity contribution in [3.05, 3.63) is 53.3 Å². The van der Waals surface area contributed by atoms with Crippen LogP contribution in [0.1, 0.15) is 29.5 Å². The van der Waals surface area contributed by atoms with Crippen LogP contribution in [-0.2, 0) is 24.8 Å². The Labute approximate surface area is 137 Å². The maximum absolute atomic E-state index is 12.6. The molecule has 0 bridgehead atoms. The van der Waals surface area contributed by atoms with Crippen LogP contribution in [0.4, 0.5) is 0 Å². The summed E-state index contributed by atoms with van der Waals surface area (Å²) in [5, 5.41) is 10.7. The van der Waals surface area contributed by atoms with Gasteiger partial charge < -0.3 is 10.6 Å². The molecule has 0 spiro atoms. The highest BCUT2D eigenvalue weighted by Crippen LogP contribution is 2.28. The molecule has 2 heterocycles. The van der Waals surface area contributed by atoms with Crippen LogP contribution < -0.4 is 10.6 Å². The maximum atomic E-state index is 12.6. The highest BCUT2D eigenvalue weighted by atomic mass is 16.1. The standard InChI is InChI=1S/C18H24N4O/c1-3-13-6-4-5-7-14(13)8-20-18(23)17-11-19-10-16(17)15-9-21-22(2)12-15/h4-7,9,12,16-17,19H,3,8,10-11H2,1-2H3,(H,20,23)/t16-,17+/m1/s1. The zero-order chi connectivity index (χ0) is 16.2. The molecule has 1 saturated heterocycles. The van der Waals surface area contributed by atoms with E-state index >= 15 is 0 Å². The van der Waals surface area contributed by atoms with Gasteiger partial charge in [0.05, 0.1) is 12.1 Å². The van der Waals surface area contributed by atoms with Crippen LogP contribution in [-0.4, -0.2) is 28.8 Å². The number of amides is 1. The SMILES string of the molecule is CCc1ccccc1CNC(=O)[C@H]1CNC[C@@H]1c1cnn(C)c1. The number of nitrogens with one attached hydrogen (secondary N) is 2. The van der Waals surface area contributed by atoms with Gasteiger partial charge >= 0.3 is 0 Å². The first-order chi connectivity index (χ1) is 11.2. The number of hydrogen-bond acceptors (Lipinski definition) is 3. The Bertz CT molecular complexity index is 679. The Morgan fingerprint density at radius 1 is 1.35 bits per heavy atom. The molecule has 23 heavy (non-hydrogen) atoms. The van der Waals surface area contributed by atoms with Gasteiger partial charge in [-0.2, -0.15) is 5.10 Å². The van der Waals surface area contributed by atoms with Gasteiger partial charge in [-0.05, 0) is 23.1 Å². The van der Waals surface area contributed by atoms with Gasteiger partial charge in [0, 0.05) is 38.8 Å². The topological polar surface area (TPSA) is 59.0 Å². The number of hydrogen-bond donors (Lipinski definition) is 2. The molecule has 2 N–H and O–H groups in total. The molecule has 2 atom stereocenters. The van der Waals surface area contributed by atoms with Crippen LogP contribution in [0.2, 0.25) is 0 Å². The highest BCUT2D eigenvalue weighted by Gasteiger charge is 2.34. The van der Waals surface area contributed by atoms with Gasteiger partial charge in [0.15, 0.2) is 0 Å². The van der Waals surface area contributed by atoms with E-state index in [1.54, 1.807) is 4.68 Å². The summed E-state index contributed by atoms with van der Waals surface area (Å²) in [7, 11) is 1.91. The molecule has 2 aromatic rings. The molecule has 1 aliphatic rings. The molecular weight excluding hydrogens is 288 g/mol. The molecule has 1 aromatic carbocycles. The lowest BCUT2D eigenvalue weighted by atomic mass is 9.90. The van der Waals surface area contributed by atoms with Gasteiger partial charge in [-0.3, -0.25) is 9.48 Å². The minimum atomic E-state index is -0.0343. The number of aromatic nitrogens is 2. The zero-order valence-electron chi connectivity index (χ0n) is 13.7. The summed E-state index contributed by atoms with van der Waals surface area (Å²) in [4.78, 5) is 12.6. The van der Waals surface area contributed by atoms with Crippen molar-refractivity contribution in [3.63, 3.8) is 0 Å². The van der Waals surface area contributed by atoms with E-state index in [1.165, 1.54) is 11.1 Å². The smallest absolute Gasteiger partial charge is 0.225 e. The van der Waals surface area contributed by atoms with Gasteiger partial charge in [0.25, 0.3) is 0 Å². The predicted molar refractivity (Wildman–Crippen MR) is 90.0 cm³/mol. The molecule has 0 unspecified atom stereocenters. The van der Waals surface area contributed by atoms with Crippen LogP contribution in [0, 0.1) is 5.92 Å². The van der Waals surface area contributed by atoms with E-state index in [1.807, 2.05) is 31.6 Å². The molecule has 5 heteroatoms. The summed E-state index contributed by atoms with van der Waals surface area (Å²) in [6.45, 7) is 4.29. The molecule has 1 amide bonds. The molecule has 0 aliphatic carbocycles. The first kappa shape index (κ1) is 15.7. The van der Waals surface area contributed by atoms with Crippen LogP contribution in [0.5, 0.6) is 0 Å². The first-order valence-electron chi connectivity index (χ1n) is 8.22. The van der Waals surface area contributed by atoms with Crippen LogP contribution >= 0.6 is 0 Å². The van der Waals surface area contributed by atoms with Gasteiger partial charge in [0.2, 0.25) is 5.91 Å². The van der Waals surface area contributed by atoms with Gasteiger partial charge in [-0.25, -0.2) is 0 Å². The molecule has 1 aromatic heterocycles. The average molecular weight is 312 g/mol. The maximum Gasteiger partial charge on any atom is 0.225 e. The van der Waals surface area contributed by atoms with E-state index in [0.29, 0.717) is 6.54 Å². The minimum absolute atomic E-state index is 0.0343. The van der Waals surface area contributed by atoms with Crippen molar-refractivity contribution >= 4 is 5.91 Å². The minimum Gasteiger partial charge on any atom is -0.352 e. The second-order valence-corrected chi connectivity index (χ2v) is 6.16. The van der Waals surface area contributed by atoms with E-state index in [2.05, 4.69) is 34.8 Å². The molecule has 0 saturated carbocycles. The Hall–Kier alpha value is -2.14. The molecular formula is C18H24N4O.